The standard InChI is InChI=1S/C12H17NO3/c1-2-3-8-15-9-10-16-12(14)11-4-6-13-7-5-11/h4-7H,2-3,8-10H2,1H3. The first-order valence-corrected chi connectivity index (χ1v) is 5.49. The zero-order chi connectivity index (χ0) is 11.6. The van der Waals surface area contributed by atoms with E-state index in [1.165, 1.54) is 0 Å². The molecule has 0 fully saturated rings. The summed E-state index contributed by atoms with van der Waals surface area (Å²) in [6.45, 7) is 3.58. The van der Waals surface area contributed by atoms with Gasteiger partial charge in [-0.3, -0.25) is 4.98 Å². The van der Waals surface area contributed by atoms with Gasteiger partial charge in [0.25, 0.3) is 0 Å². The average molecular weight is 223 g/mol. The second-order valence-electron chi connectivity index (χ2n) is 3.34. The van der Waals surface area contributed by atoms with Crippen molar-refractivity contribution in [2.45, 2.75) is 19.8 Å². The van der Waals surface area contributed by atoms with Crippen molar-refractivity contribution in [3.8, 4) is 0 Å². The van der Waals surface area contributed by atoms with E-state index in [1.807, 2.05) is 0 Å². The zero-order valence-corrected chi connectivity index (χ0v) is 9.52. The molecular weight excluding hydrogens is 206 g/mol. The monoisotopic (exact) mass is 223 g/mol. The van der Waals surface area contributed by atoms with Gasteiger partial charge < -0.3 is 9.47 Å². The molecule has 1 aromatic rings. The van der Waals surface area contributed by atoms with Gasteiger partial charge in [0.05, 0.1) is 12.2 Å². The Bertz CT molecular complexity index is 300. The van der Waals surface area contributed by atoms with Gasteiger partial charge in [0.2, 0.25) is 0 Å². The Morgan fingerprint density at radius 2 is 2.00 bits per heavy atom. The number of nitrogens with zero attached hydrogens (tertiary/aromatic N) is 1. The lowest BCUT2D eigenvalue weighted by molar-refractivity contribution is 0.0313. The minimum Gasteiger partial charge on any atom is -0.460 e. The fourth-order valence-electron chi connectivity index (χ4n) is 1.11. The van der Waals surface area contributed by atoms with Crippen molar-refractivity contribution in [3.05, 3.63) is 30.1 Å². The van der Waals surface area contributed by atoms with Crippen molar-refractivity contribution in [1.82, 2.24) is 4.98 Å². The van der Waals surface area contributed by atoms with Crippen molar-refractivity contribution in [1.29, 1.82) is 0 Å². The normalized spacial score (nSPS) is 10.1. The summed E-state index contributed by atoms with van der Waals surface area (Å²) in [6.07, 6.45) is 5.28. The molecule has 0 atom stereocenters. The van der Waals surface area contributed by atoms with E-state index in [1.54, 1.807) is 24.5 Å². The first-order valence-electron chi connectivity index (χ1n) is 5.49. The number of carbonyl (C=O) groups excluding carboxylic acids is 1. The maximum absolute atomic E-state index is 11.4. The van der Waals surface area contributed by atoms with Crippen LogP contribution in [0.15, 0.2) is 24.5 Å². The molecule has 4 nitrogen and oxygen atoms in total. The third-order valence-electron chi connectivity index (χ3n) is 2.02. The molecule has 4 heteroatoms. The molecule has 0 amide bonds. The summed E-state index contributed by atoms with van der Waals surface area (Å²) in [5.41, 5.74) is 0.517. The molecule has 0 aliphatic carbocycles. The predicted molar refractivity (Wildman–Crippen MR) is 60.2 cm³/mol. The molecule has 0 radical (unpaired) electrons. The highest BCUT2D eigenvalue weighted by atomic mass is 16.6. The molecule has 0 spiro atoms. The van der Waals surface area contributed by atoms with Crippen LogP contribution in [0.5, 0.6) is 0 Å². The predicted octanol–water partition coefficient (Wildman–Crippen LogP) is 2.06. The maximum Gasteiger partial charge on any atom is 0.338 e. The van der Waals surface area contributed by atoms with Crippen molar-refractivity contribution in [2.24, 2.45) is 0 Å². The number of unbranched alkanes of at least 4 members (excludes halogenated alkanes) is 1. The van der Waals surface area contributed by atoms with Gasteiger partial charge in [-0.25, -0.2) is 4.79 Å². The van der Waals surface area contributed by atoms with E-state index in [0.717, 1.165) is 19.4 Å². The summed E-state index contributed by atoms with van der Waals surface area (Å²) >= 11 is 0. The molecule has 0 unspecified atom stereocenters. The smallest absolute Gasteiger partial charge is 0.338 e. The third kappa shape index (κ3) is 4.89. The lowest BCUT2D eigenvalue weighted by atomic mass is 10.3. The second-order valence-corrected chi connectivity index (χ2v) is 3.34. The molecule has 0 bridgehead atoms. The Balaban J connectivity index is 2.12. The Hall–Kier alpha value is -1.42. The van der Waals surface area contributed by atoms with Crippen molar-refractivity contribution in [2.75, 3.05) is 19.8 Å². The SMILES string of the molecule is CCCCOCCOC(=O)c1ccncc1. The summed E-state index contributed by atoms with van der Waals surface area (Å²) in [4.78, 5) is 15.3. The van der Waals surface area contributed by atoms with Gasteiger partial charge in [-0.1, -0.05) is 13.3 Å². The van der Waals surface area contributed by atoms with Crippen LogP contribution in [-0.4, -0.2) is 30.8 Å². The Labute approximate surface area is 95.6 Å². The van der Waals surface area contributed by atoms with Gasteiger partial charge in [0.15, 0.2) is 0 Å². The number of ether oxygens (including phenoxy) is 2. The number of hydrogen-bond donors (Lipinski definition) is 0. The van der Waals surface area contributed by atoms with E-state index in [-0.39, 0.29) is 5.97 Å². The van der Waals surface area contributed by atoms with Crippen LogP contribution in [0.2, 0.25) is 0 Å². The van der Waals surface area contributed by atoms with Crippen LogP contribution in [0.4, 0.5) is 0 Å². The fraction of sp³-hybridized carbons (Fsp3) is 0.500. The molecule has 1 rings (SSSR count). The van der Waals surface area contributed by atoms with Crippen LogP contribution in [0.25, 0.3) is 0 Å². The average Bonchev–Trinajstić information content (AvgIpc) is 2.34. The molecule has 0 aliphatic rings. The van der Waals surface area contributed by atoms with Gasteiger partial charge in [-0.05, 0) is 18.6 Å². The number of hydrogen-bond acceptors (Lipinski definition) is 4. The van der Waals surface area contributed by atoms with Gasteiger partial charge in [0.1, 0.15) is 6.61 Å². The summed E-state index contributed by atoms with van der Waals surface area (Å²) in [6, 6.07) is 3.25. The van der Waals surface area contributed by atoms with Crippen molar-refractivity contribution in [3.63, 3.8) is 0 Å². The van der Waals surface area contributed by atoms with Gasteiger partial charge in [-0.2, -0.15) is 0 Å². The first-order chi connectivity index (χ1) is 7.84. The van der Waals surface area contributed by atoms with Gasteiger partial charge in [-0.15, -0.1) is 0 Å². The lowest BCUT2D eigenvalue weighted by Gasteiger charge is -2.05. The minimum atomic E-state index is -0.332. The number of pyridine rings is 1. The number of carbonyl (C=O) groups is 1. The number of rotatable bonds is 7. The molecule has 0 saturated heterocycles. The molecule has 0 aromatic carbocycles. The molecule has 0 aliphatic heterocycles. The second kappa shape index (κ2) is 7.82. The Morgan fingerprint density at radius 1 is 1.25 bits per heavy atom. The van der Waals surface area contributed by atoms with Crippen LogP contribution in [0.1, 0.15) is 30.1 Å². The highest BCUT2D eigenvalue weighted by molar-refractivity contribution is 5.89. The number of esters is 1. The maximum atomic E-state index is 11.4. The van der Waals surface area contributed by atoms with Crippen LogP contribution in [0.3, 0.4) is 0 Å². The molecule has 88 valence electrons. The topological polar surface area (TPSA) is 48.4 Å². The van der Waals surface area contributed by atoms with Crippen molar-refractivity contribution < 1.29 is 14.3 Å². The molecule has 1 heterocycles. The fourth-order valence-corrected chi connectivity index (χ4v) is 1.11. The van der Waals surface area contributed by atoms with Crippen LogP contribution in [-0.2, 0) is 9.47 Å². The summed E-state index contributed by atoms with van der Waals surface area (Å²) in [5, 5.41) is 0. The molecule has 16 heavy (non-hydrogen) atoms. The van der Waals surface area contributed by atoms with E-state index < -0.39 is 0 Å². The molecule has 0 saturated carbocycles. The van der Waals surface area contributed by atoms with E-state index in [2.05, 4.69) is 11.9 Å². The zero-order valence-electron chi connectivity index (χ0n) is 9.52. The quantitative estimate of drug-likeness (QED) is 0.524. The molecule has 1 aromatic heterocycles. The van der Waals surface area contributed by atoms with E-state index in [9.17, 15) is 4.79 Å². The molecule has 0 N–H and O–H groups in total. The van der Waals surface area contributed by atoms with E-state index >= 15 is 0 Å². The van der Waals surface area contributed by atoms with E-state index in [4.69, 9.17) is 9.47 Å². The Kier molecular flexibility index (Phi) is 6.18. The van der Waals surface area contributed by atoms with Gasteiger partial charge in [0, 0.05) is 19.0 Å². The van der Waals surface area contributed by atoms with Crippen LogP contribution >= 0.6 is 0 Å². The lowest BCUT2D eigenvalue weighted by Crippen LogP contribution is -2.11. The minimum absolute atomic E-state index is 0.296. The first kappa shape index (κ1) is 12.6. The summed E-state index contributed by atoms with van der Waals surface area (Å²) < 4.78 is 10.3. The van der Waals surface area contributed by atoms with Crippen LogP contribution in [0, 0.1) is 0 Å². The third-order valence-corrected chi connectivity index (χ3v) is 2.02. The number of aromatic nitrogens is 1. The molecular formula is C12H17NO3. The summed E-state index contributed by atoms with van der Waals surface area (Å²) in [7, 11) is 0. The summed E-state index contributed by atoms with van der Waals surface area (Å²) in [5.74, 6) is -0.332. The highest BCUT2D eigenvalue weighted by Gasteiger charge is 2.05. The Morgan fingerprint density at radius 3 is 2.69 bits per heavy atom. The van der Waals surface area contributed by atoms with E-state index in [0.29, 0.717) is 18.8 Å². The largest absolute Gasteiger partial charge is 0.460 e. The van der Waals surface area contributed by atoms with Crippen LogP contribution < -0.4 is 0 Å². The van der Waals surface area contributed by atoms with Crippen molar-refractivity contribution >= 4 is 5.97 Å². The van der Waals surface area contributed by atoms with Gasteiger partial charge >= 0.3 is 5.97 Å². The highest BCUT2D eigenvalue weighted by Crippen LogP contribution is 1.99.